The van der Waals surface area contributed by atoms with Crippen LogP contribution < -0.4 is 4.74 Å². The van der Waals surface area contributed by atoms with E-state index < -0.39 is 6.29 Å². The standard InChI is InChI=1S/C25H18FN3O2S/c26-19-10-17(23-18(11-19)13-30-25(31-23)16-6-2-1-3-7-16)12-29-22-9-5-4-8-20(22)28-24(29)21-14-32-15-27-21/h1-11,14-15,25H,12-13H2/t25-/m0/s1. The maximum absolute atomic E-state index is 14.5. The number of benzene rings is 3. The molecule has 0 fully saturated rings. The van der Waals surface area contributed by atoms with Gasteiger partial charge in [0, 0.05) is 22.1 Å². The Balaban J connectivity index is 1.45. The lowest BCUT2D eigenvalue weighted by Crippen LogP contribution is -2.20. The van der Waals surface area contributed by atoms with E-state index in [0.29, 0.717) is 17.9 Å². The molecular weight excluding hydrogens is 425 g/mol. The normalized spacial score (nSPS) is 15.5. The largest absolute Gasteiger partial charge is 0.460 e. The van der Waals surface area contributed by atoms with Gasteiger partial charge in [-0.05, 0) is 24.3 Å². The molecule has 5 aromatic rings. The Labute approximate surface area is 187 Å². The third-order valence-electron chi connectivity index (χ3n) is 5.54. The highest BCUT2D eigenvalue weighted by Crippen LogP contribution is 2.38. The van der Waals surface area contributed by atoms with Gasteiger partial charge in [-0.25, -0.2) is 14.4 Å². The molecule has 7 heteroatoms. The Morgan fingerprint density at radius 3 is 2.75 bits per heavy atom. The minimum absolute atomic E-state index is 0.281. The summed E-state index contributed by atoms with van der Waals surface area (Å²) in [5.74, 6) is 1.09. The maximum atomic E-state index is 14.5. The highest BCUT2D eigenvalue weighted by Gasteiger charge is 2.26. The molecule has 2 aromatic heterocycles. The Kier molecular flexibility index (Phi) is 4.70. The average Bonchev–Trinajstić information content (AvgIpc) is 3.48. The summed E-state index contributed by atoms with van der Waals surface area (Å²) in [6.07, 6.45) is -0.537. The Morgan fingerprint density at radius 2 is 1.91 bits per heavy atom. The van der Waals surface area contributed by atoms with Gasteiger partial charge >= 0.3 is 0 Å². The summed E-state index contributed by atoms with van der Waals surface area (Å²) >= 11 is 1.52. The summed E-state index contributed by atoms with van der Waals surface area (Å²) in [7, 11) is 0. The zero-order valence-corrected chi connectivity index (χ0v) is 17.8. The molecule has 0 bridgehead atoms. The molecule has 3 aromatic carbocycles. The number of rotatable bonds is 4. The lowest BCUT2D eigenvalue weighted by atomic mass is 10.1. The topological polar surface area (TPSA) is 49.2 Å². The number of para-hydroxylation sites is 2. The molecule has 0 saturated heterocycles. The van der Waals surface area contributed by atoms with Crippen molar-refractivity contribution in [1.29, 1.82) is 0 Å². The fraction of sp³-hybridized carbons (Fsp3) is 0.120. The molecule has 158 valence electrons. The van der Waals surface area contributed by atoms with Gasteiger partial charge in [-0.2, -0.15) is 0 Å². The Bertz CT molecular complexity index is 1400. The number of halogens is 1. The van der Waals surface area contributed by atoms with Crippen molar-refractivity contribution in [2.24, 2.45) is 0 Å². The zero-order valence-electron chi connectivity index (χ0n) is 16.9. The molecule has 3 heterocycles. The molecule has 0 aliphatic carbocycles. The van der Waals surface area contributed by atoms with Crippen LogP contribution in [0.5, 0.6) is 5.75 Å². The van der Waals surface area contributed by atoms with Crippen LogP contribution in [-0.4, -0.2) is 14.5 Å². The van der Waals surface area contributed by atoms with Gasteiger partial charge in [-0.1, -0.05) is 42.5 Å². The Morgan fingerprint density at radius 1 is 1.06 bits per heavy atom. The fourth-order valence-electron chi connectivity index (χ4n) is 4.09. The van der Waals surface area contributed by atoms with Crippen LogP contribution in [0.3, 0.4) is 0 Å². The fourth-order valence-corrected chi connectivity index (χ4v) is 4.62. The SMILES string of the molecule is Fc1cc2c(c(Cn3c(-c4cscn4)nc4ccccc43)c1)O[C@@H](c1ccccc1)OC2. The monoisotopic (exact) mass is 443 g/mol. The first-order chi connectivity index (χ1) is 15.8. The highest BCUT2D eigenvalue weighted by atomic mass is 32.1. The van der Waals surface area contributed by atoms with E-state index in [0.717, 1.165) is 33.7 Å². The van der Waals surface area contributed by atoms with Gasteiger partial charge in [-0.15, -0.1) is 11.3 Å². The van der Waals surface area contributed by atoms with Gasteiger partial charge in [0.25, 0.3) is 0 Å². The van der Waals surface area contributed by atoms with E-state index in [2.05, 4.69) is 9.55 Å². The molecule has 32 heavy (non-hydrogen) atoms. The molecular formula is C25H18FN3O2S. The van der Waals surface area contributed by atoms with Crippen molar-refractivity contribution in [3.63, 3.8) is 0 Å². The summed E-state index contributed by atoms with van der Waals surface area (Å²) in [4.78, 5) is 9.25. The van der Waals surface area contributed by atoms with E-state index >= 15 is 0 Å². The average molecular weight is 444 g/mol. The number of hydrogen-bond donors (Lipinski definition) is 0. The molecule has 1 aliphatic heterocycles. The summed E-state index contributed by atoms with van der Waals surface area (Å²) in [6.45, 7) is 0.679. The summed E-state index contributed by atoms with van der Waals surface area (Å²) in [5.41, 5.74) is 6.77. The van der Waals surface area contributed by atoms with Crippen molar-refractivity contribution in [3.8, 4) is 17.3 Å². The number of imidazole rings is 1. The third-order valence-corrected chi connectivity index (χ3v) is 6.13. The molecule has 5 nitrogen and oxygen atoms in total. The molecule has 1 aliphatic rings. The van der Waals surface area contributed by atoms with E-state index in [1.807, 2.05) is 60.0 Å². The molecule has 0 spiro atoms. The molecule has 0 saturated carbocycles. The first-order valence-electron chi connectivity index (χ1n) is 10.2. The molecule has 1 atom stereocenters. The third kappa shape index (κ3) is 3.36. The molecule has 0 unspecified atom stereocenters. The number of nitrogens with zero attached hydrogens (tertiary/aromatic N) is 3. The van der Waals surface area contributed by atoms with E-state index in [9.17, 15) is 4.39 Å². The first kappa shape index (κ1) is 19.2. The number of fused-ring (bicyclic) bond motifs is 2. The van der Waals surface area contributed by atoms with Crippen LogP contribution in [-0.2, 0) is 17.9 Å². The van der Waals surface area contributed by atoms with Crippen LogP contribution in [0.2, 0.25) is 0 Å². The smallest absolute Gasteiger partial charge is 0.227 e. The van der Waals surface area contributed by atoms with Crippen LogP contribution in [0.1, 0.15) is 23.0 Å². The number of thiazole rings is 1. The minimum atomic E-state index is -0.537. The molecule has 0 radical (unpaired) electrons. The van der Waals surface area contributed by atoms with Crippen LogP contribution in [0.25, 0.3) is 22.6 Å². The van der Waals surface area contributed by atoms with Crippen LogP contribution in [0.15, 0.2) is 77.6 Å². The van der Waals surface area contributed by atoms with E-state index in [1.165, 1.54) is 23.5 Å². The Hall–Kier alpha value is -3.55. The second kappa shape index (κ2) is 7.85. The van der Waals surface area contributed by atoms with Gasteiger partial charge < -0.3 is 14.0 Å². The highest BCUT2D eigenvalue weighted by molar-refractivity contribution is 7.07. The van der Waals surface area contributed by atoms with Crippen LogP contribution in [0.4, 0.5) is 4.39 Å². The predicted molar refractivity (Wildman–Crippen MR) is 121 cm³/mol. The number of aromatic nitrogens is 3. The van der Waals surface area contributed by atoms with Gasteiger partial charge in [0.1, 0.15) is 17.3 Å². The second-order valence-electron chi connectivity index (χ2n) is 7.61. The first-order valence-corrected chi connectivity index (χ1v) is 11.2. The van der Waals surface area contributed by atoms with Crippen LogP contribution >= 0.6 is 11.3 Å². The van der Waals surface area contributed by atoms with E-state index in [1.54, 1.807) is 5.51 Å². The van der Waals surface area contributed by atoms with E-state index in [-0.39, 0.29) is 12.4 Å². The molecule has 6 rings (SSSR count). The van der Waals surface area contributed by atoms with Crippen molar-refractivity contribution >= 4 is 22.4 Å². The summed E-state index contributed by atoms with van der Waals surface area (Å²) in [5, 5.41) is 1.97. The lowest BCUT2D eigenvalue weighted by Gasteiger charge is -2.28. The quantitative estimate of drug-likeness (QED) is 0.344. The summed E-state index contributed by atoms with van der Waals surface area (Å²) in [6, 6.07) is 20.7. The number of hydrogen-bond acceptors (Lipinski definition) is 5. The second-order valence-corrected chi connectivity index (χ2v) is 8.33. The van der Waals surface area contributed by atoms with Gasteiger partial charge in [-0.3, -0.25) is 0 Å². The lowest BCUT2D eigenvalue weighted by molar-refractivity contribution is -0.112. The van der Waals surface area contributed by atoms with Crippen LogP contribution in [0, 0.1) is 5.82 Å². The molecule has 0 amide bonds. The van der Waals surface area contributed by atoms with Gasteiger partial charge in [0.15, 0.2) is 5.82 Å². The zero-order chi connectivity index (χ0) is 21.5. The van der Waals surface area contributed by atoms with Gasteiger partial charge in [0.05, 0.1) is 29.7 Å². The predicted octanol–water partition coefficient (Wildman–Crippen LogP) is 5.96. The van der Waals surface area contributed by atoms with Crippen molar-refractivity contribution in [3.05, 3.63) is 100 Å². The van der Waals surface area contributed by atoms with E-state index in [4.69, 9.17) is 14.5 Å². The van der Waals surface area contributed by atoms with Crippen molar-refractivity contribution in [2.45, 2.75) is 19.4 Å². The van der Waals surface area contributed by atoms with Crippen molar-refractivity contribution < 1.29 is 13.9 Å². The maximum Gasteiger partial charge on any atom is 0.227 e. The summed E-state index contributed by atoms with van der Waals surface area (Å²) < 4.78 is 28.7. The van der Waals surface area contributed by atoms with Crippen molar-refractivity contribution in [1.82, 2.24) is 14.5 Å². The minimum Gasteiger partial charge on any atom is -0.460 e. The molecule has 0 N–H and O–H groups in total. The van der Waals surface area contributed by atoms with Gasteiger partial charge in [0.2, 0.25) is 6.29 Å². The van der Waals surface area contributed by atoms with Crippen molar-refractivity contribution in [2.75, 3.05) is 0 Å². The number of ether oxygens (including phenoxy) is 2.